The van der Waals surface area contributed by atoms with Crippen molar-refractivity contribution in [3.05, 3.63) is 65.2 Å². The van der Waals surface area contributed by atoms with Crippen molar-refractivity contribution in [1.82, 2.24) is 4.90 Å². The number of hydrogen-bond acceptors (Lipinski definition) is 3. The van der Waals surface area contributed by atoms with Gasteiger partial charge in [-0.15, -0.1) is 0 Å². The maximum Gasteiger partial charge on any atom is 0.227 e. The summed E-state index contributed by atoms with van der Waals surface area (Å²) in [6.45, 7) is 3.98. The van der Waals surface area contributed by atoms with E-state index >= 15 is 0 Å². The molecule has 4 nitrogen and oxygen atoms in total. The van der Waals surface area contributed by atoms with Crippen LogP contribution in [0.15, 0.2) is 48.5 Å². The molecule has 0 spiro atoms. The molecule has 4 heteroatoms. The van der Waals surface area contributed by atoms with Crippen molar-refractivity contribution < 1.29 is 9.53 Å². The third kappa shape index (κ3) is 4.40. The molecule has 2 aromatic rings. The third-order valence-electron chi connectivity index (χ3n) is 4.88. The molecular formula is C21H26N2O2. The number of aryl methyl sites for hydroxylation is 1. The molecule has 0 aromatic heterocycles. The highest BCUT2D eigenvalue weighted by Crippen LogP contribution is 2.20. The van der Waals surface area contributed by atoms with E-state index in [1.165, 1.54) is 11.1 Å². The molecule has 1 unspecified atom stereocenters. The van der Waals surface area contributed by atoms with Gasteiger partial charge in [0.15, 0.2) is 0 Å². The number of carbonyl (C=O) groups is 1. The molecule has 1 amide bonds. The van der Waals surface area contributed by atoms with Crippen molar-refractivity contribution in [2.45, 2.75) is 38.8 Å². The van der Waals surface area contributed by atoms with Crippen LogP contribution in [0.2, 0.25) is 0 Å². The van der Waals surface area contributed by atoms with E-state index in [2.05, 4.69) is 19.1 Å². The highest BCUT2D eigenvalue weighted by Gasteiger charge is 2.27. The van der Waals surface area contributed by atoms with Crippen molar-refractivity contribution >= 4 is 5.91 Å². The second-order valence-corrected chi connectivity index (χ2v) is 6.66. The van der Waals surface area contributed by atoms with Crippen LogP contribution in [0.4, 0.5) is 0 Å². The lowest BCUT2D eigenvalue weighted by Gasteiger charge is -2.23. The summed E-state index contributed by atoms with van der Waals surface area (Å²) in [4.78, 5) is 14.5. The smallest absolute Gasteiger partial charge is 0.227 e. The summed E-state index contributed by atoms with van der Waals surface area (Å²) in [6, 6.07) is 16.2. The summed E-state index contributed by atoms with van der Waals surface area (Å²) >= 11 is 0. The fraction of sp³-hybridized carbons (Fsp3) is 0.381. The molecule has 25 heavy (non-hydrogen) atoms. The molecule has 2 aromatic carbocycles. The van der Waals surface area contributed by atoms with Crippen molar-refractivity contribution in [3.63, 3.8) is 0 Å². The molecule has 132 valence electrons. The number of nitrogens with zero attached hydrogens (tertiary/aromatic N) is 1. The van der Waals surface area contributed by atoms with E-state index in [-0.39, 0.29) is 11.9 Å². The molecule has 3 rings (SSSR count). The van der Waals surface area contributed by atoms with Crippen molar-refractivity contribution in [2.75, 3.05) is 13.1 Å². The van der Waals surface area contributed by atoms with Crippen LogP contribution in [0, 0.1) is 6.92 Å². The van der Waals surface area contributed by atoms with E-state index in [9.17, 15) is 4.79 Å². The maximum absolute atomic E-state index is 12.5. The van der Waals surface area contributed by atoms with E-state index < -0.39 is 0 Å². The first-order chi connectivity index (χ1) is 12.2. The maximum atomic E-state index is 12.5. The Morgan fingerprint density at radius 1 is 1.24 bits per heavy atom. The fourth-order valence-corrected chi connectivity index (χ4v) is 3.36. The van der Waals surface area contributed by atoms with Crippen molar-refractivity contribution in [1.29, 1.82) is 0 Å². The quantitative estimate of drug-likeness (QED) is 0.881. The summed E-state index contributed by atoms with van der Waals surface area (Å²) in [5.74, 6) is 0.953. The van der Waals surface area contributed by atoms with Gasteiger partial charge in [0.25, 0.3) is 0 Å². The molecule has 0 saturated carbocycles. The van der Waals surface area contributed by atoms with Gasteiger partial charge in [0.2, 0.25) is 5.91 Å². The van der Waals surface area contributed by atoms with Crippen LogP contribution in [-0.2, 0) is 17.8 Å². The number of rotatable bonds is 6. The molecule has 1 heterocycles. The average molecular weight is 338 g/mol. The summed E-state index contributed by atoms with van der Waals surface area (Å²) in [6.07, 6.45) is 2.47. The molecule has 1 atom stereocenters. The van der Waals surface area contributed by atoms with E-state index in [4.69, 9.17) is 10.5 Å². The number of amides is 1. The van der Waals surface area contributed by atoms with Gasteiger partial charge in [-0.3, -0.25) is 4.79 Å². The molecule has 0 aliphatic carbocycles. The van der Waals surface area contributed by atoms with Gasteiger partial charge in [0, 0.05) is 19.1 Å². The van der Waals surface area contributed by atoms with Crippen molar-refractivity contribution in [2.24, 2.45) is 5.73 Å². The second kappa shape index (κ2) is 8.17. The van der Waals surface area contributed by atoms with Crippen LogP contribution in [0.5, 0.6) is 5.75 Å². The number of likely N-dealkylation sites (tertiary alicyclic amines) is 1. The van der Waals surface area contributed by atoms with Gasteiger partial charge in [-0.05, 0) is 48.6 Å². The van der Waals surface area contributed by atoms with Gasteiger partial charge in [0.1, 0.15) is 12.4 Å². The number of nitrogens with two attached hydrogens (primary N) is 1. The number of hydrogen-bond donors (Lipinski definition) is 1. The Kier molecular flexibility index (Phi) is 5.71. The first-order valence-electron chi connectivity index (χ1n) is 8.93. The molecule has 1 aliphatic heterocycles. The Morgan fingerprint density at radius 2 is 2.08 bits per heavy atom. The minimum Gasteiger partial charge on any atom is -0.489 e. The Labute approximate surface area is 149 Å². The normalized spacial score (nSPS) is 16.9. The Hall–Kier alpha value is -2.33. The lowest BCUT2D eigenvalue weighted by atomic mass is 10.1. The minimum absolute atomic E-state index is 0.156. The van der Waals surface area contributed by atoms with E-state index in [0.717, 1.165) is 30.7 Å². The largest absolute Gasteiger partial charge is 0.489 e. The van der Waals surface area contributed by atoms with Crippen LogP contribution in [0.3, 0.4) is 0 Å². The average Bonchev–Trinajstić information content (AvgIpc) is 3.10. The fourth-order valence-electron chi connectivity index (χ4n) is 3.36. The number of benzene rings is 2. The Balaban J connectivity index is 1.61. The van der Waals surface area contributed by atoms with Gasteiger partial charge in [-0.1, -0.05) is 36.4 Å². The molecule has 1 saturated heterocycles. The monoisotopic (exact) mass is 338 g/mol. The zero-order chi connectivity index (χ0) is 17.6. The summed E-state index contributed by atoms with van der Waals surface area (Å²) in [5, 5.41) is 0. The highest BCUT2D eigenvalue weighted by atomic mass is 16.5. The van der Waals surface area contributed by atoms with Crippen molar-refractivity contribution in [3.8, 4) is 5.75 Å². The van der Waals surface area contributed by atoms with Crippen LogP contribution in [0.25, 0.3) is 0 Å². The predicted molar refractivity (Wildman–Crippen MR) is 99.4 cm³/mol. The van der Waals surface area contributed by atoms with Crippen LogP contribution >= 0.6 is 0 Å². The zero-order valence-electron chi connectivity index (χ0n) is 14.8. The zero-order valence-corrected chi connectivity index (χ0v) is 14.8. The third-order valence-corrected chi connectivity index (χ3v) is 4.88. The lowest BCUT2D eigenvalue weighted by molar-refractivity contribution is -0.131. The molecular weight excluding hydrogens is 312 g/mol. The van der Waals surface area contributed by atoms with Gasteiger partial charge in [0.05, 0.1) is 6.42 Å². The van der Waals surface area contributed by atoms with E-state index in [0.29, 0.717) is 19.6 Å². The summed E-state index contributed by atoms with van der Waals surface area (Å²) in [5.41, 5.74) is 9.15. The minimum atomic E-state index is 0.156. The SMILES string of the molecule is Cc1ccccc1COc1cccc(CC(=O)N2CCCC2CN)c1. The topological polar surface area (TPSA) is 55.6 Å². The second-order valence-electron chi connectivity index (χ2n) is 6.66. The van der Waals surface area contributed by atoms with Crippen LogP contribution < -0.4 is 10.5 Å². The van der Waals surface area contributed by atoms with Gasteiger partial charge >= 0.3 is 0 Å². The lowest BCUT2D eigenvalue weighted by Crippen LogP contribution is -2.40. The van der Waals surface area contributed by atoms with E-state index in [1.54, 1.807) is 0 Å². The Bertz CT molecular complexity index is 729. The van der Waals surface area contributed by atoms with E-state index in [1.807, 2.05) is 41.3 Å². The van der Waals surface area contributed by atoms with Crippen LogP contribution in [-0.4, -0.2) is 29.9 Å². The molecule has 0 radical (unpaired) electrons. The summed E-state index contributed by atoms with van der Waals surface area (Å²) < 4.78 is 5.92. The molecule has 2 N–H and O–H groups in total. The van der Waals surface area contributed by atoms with Crippen LogP contribution in [0.1, 0.15) is 29.5 Å². The molecule has 1 aliphatic rings. The van der Waals surface area contributed by atoms with Gasteiger partial charge in [-0.25, -0.2) is 0 Å². The first kappa shape index (κ1) is 17.5. The first-order valence-corrected chi connectivity index (χ1v) is 8.93. The van der Waals surface area contributed by atoms with Gasteiger partial charge in [-0.2, -0.15) is 0 Å². The predicted octanol–water partition coefficient (Wildman–Crippen LogP) is 3.07. The molecule has 1 fully saturated rings. The summed E-state index contributed by atoms with van der Waals surface area (Å²) in [7, 11) is 0. The number of ether oxygens (including phenoxy) is 1. The molecule has 0 bridgehead atoms. The Morgan fingerprint density at radius 3 is 2.88 bits per heavy atom. The standard InChI is InChI=1S/C21H26N2O2/c1-16-6-2-3-8-18(16)15-25-20-10-4-7-17(12-20)13-21(24)23-11-5-9-19(23)14-22/h2-4,6-8,10,12,19H,5,9,11,13-15,22H2,1H3. The van der Waals surface area contributed by atoms with Gasteiger partial charge < -0.3 is 15.4 Å². The number of carbonyl (C=O) groups excluding carboxylic acids is 1. The highest BCUT2D eigenvalue weighted by molar-refractivity contribution is 5.79.